The summed E-state index contributed by atoms with van der Waals surface area (Å²) in [6.45, 7) is 3.26. The standard InChI is InChI=1S/C12H18Br2O2S/c1-3-6-10(9-12(15)16-4-2)11-7-5-8-17(11,13)14/h5,7-8,10H,3-4,6,9H2,1-2H3. The van der Waals surface area contributed by atoms with Gasteiger partial charge >= 0.3 is 5.97 Å². The molecule has 0 bridgehead atoms. The molecular formula is C12H18Br2O2S. The molecule has 17 heavy (non-hydrogen) atoms. The molecule has 0 saturated carbocycles. The van der Waals surface area contributed by atoms with Crippen molar-refractivity contribution in [3.63, 3.8) is 0 Å². The lowest BCUT2D eigenvalue weighted by molar-refractivity contribution is -0.143. The Bertz CT molecular complexity index is 337. The number of hydrogen-bond acceptors (Lipinski definition) is 2. The predicted octanol–water partition coefficient (Wildman–Crippen LogP) is 5.19. The molecule has 1 atom stereocenters. The van der Waals surface area contributed by atoms with Crippen molar-refractivity contribution in [2.24, 2.45) is 5.92 Å². The first-order valence-electron chi connectivity index (χ1n) is 5.77. The van der Waals surface area contributed by atoms with Gasteiger partial charge in [0.25, 0.3) is 0 Å². The van der Waals surface area contributed by atoms with Gasteiger partial charge in [0.15, 0.2) is 0 Å². The smallest absolute Gasteiger partial charge is 0.306 e. The molecule has 0 aliphatic carbocycles. The predicted molar refractivity (Wildman–Crippen MR) is 82.3 cm³/mol. The van der Waals surface area contributed by atoms with Crippen molar-refractivity contribution < 1.29 is 9.53 Å². The monoisotopic (exact) mass is 384 g/mol. The number of carbonyl (C=O) groups is 1. The summed E-state index contributed by atoms with van der Waals surface area (Å²) in [6, 6.07) is 0. The fraction of sp³-hybridized carbons (Fsp3) is 0.583. The normalized spacial score (nSPS) is 20.8. The van der Waals surface area contributed by atoms with Crippen LogP contribution in [0.15, 0.2) is 22.5 Å². The molecule has 1 rings (SSSR count). The van der Waals surface area contributed by atoms with Crippen LogP contribution in [0.1, 0.15) is 33.1 Å². The third-order valence-electron chi connectivity index (χ3n) is 2.58. The molecule has 0 saturated heterocycles. The molecule has 0 fully saturated rings. The first-order valence-corrected chi connectivity index (χ1v) is 11.2. The summed E-state index contributed by atoms with van der Waals surface area (Å²) in [5.41, 5.74) is 0. The van der Waals surface area contributed by atoms with Crippen LogP contribution < -0.4 is 0 Å². The highest BCUT2D eigenvalue weighted by Crippen LogP contribution is 2.74. The van der Waals surface area contributed by atoms with Gasteiger partial charge in [-0.3, -0.25) is 4.79 Å². The second kappa shape index (κ2) is 7.00. The van der Waals surface area contributed by atoms with Gasteiger partial charge in [-0.15, -0.1) is 0 Å². The molecule has 0 spiro atoms. The highest BCUT2D eigenvalue weighted by molar-refractivity contribution is 9.92. The van der Waals surface area contributed by atoms with Crippen LogP contribution in [0.2, 0.25) is 0 Å². The van der Waals surface area contributed by atoms with Crippen molar-refractivity contribution in [3.8, 4) is 0 Å². The first-order chi connectivity index (χ1) is 8.01. The van der Waals surface area contributed by atoms with Crippen LogP contribution in [0.5, 0.6) is 0 Å². The highest BCUT2D eigenvalue weighted by atomic mass is 79.9. The maximum absolute atomic E-state index is 11.6. The molecule has 98 valence electrons. The lowest BCUT2D eigenvalue weighted by atomic mass is 9.99. The largest absolute Gasteiger partial charge is 0.466 e. The van der Waals surface area contributed by atoms with E-state index in [2.05, 4.69) is 48.0 Å². The van der Waals surface area contributed by atoms with E-state index in [1.165, 1.54) is 4.91 Å². The Hall–Kier alpha value is 0.260. The summed E-state index contributed by atoms with van der Waals surface area (Å²) in [5.74, 6) is 0.164. The zero-order chi connectivity index (χ0) is 12.9. The summed E-state index contributed by atoms with van der Waals surface area (Å²) in [7, 11) is 0. The SMILES string of the molecule is CCCC(CC(=O)OCC)C1=CC=CS1(Br)Br. The zero-order valence-corrected chi connectivity index (χ0v) is 14.1. The van der Waals surface area contributed by atoms with E-state index >= 15 is 0 Å². The Balaban J connectivity index is 2.70. The zero-order valence-electron chi connectivity index (χ0n) is 10.1. The van der Waals surface area contributed by atoms with Crippen LogP contribution >= 0.6 is 36.5 Å². The number of esters is 1. The van der Waals surface area contributed by atoms with Gasteiger partial charge in [0.2, 0.25) is 0 Å². The van der Waals surface area contributed by atoms with E-state index in [0.717, 1.165) is 12.8 Å². The molecule has 5 heteroatoms. The average molecular weight is 386 g/mol. The number of carbonyl (C=O) groups excluding carboxylic acids is 1. The summed E-state index contributed by atoms with van der Waals surface area (Å²) in [6.07, 6.45) is 6.71. The van der Waals surface area contributed by atoms with Crippen molar-refractivity contribution in [1.82, 2.24) is 0 Å². The van der Waals surface area contributed by atoms with Gasteiger partial charge in [-0.2, -0.15) is 0 Å². The Morgan fingerprint density at radius 1 is 1.47 bits per heavy atom. The molecule has 0 aromatic rings. The lowest BCUT2D eigenvalue weighted by Gasteiger charge is -2.28. The van der Waals surface area contributed by atoms with E-state index in [-0.39, 0.29) is 11.9 Å². The molecule has 1 aliphatic heterocycles. The molecule has 0 N–H and O–H groups in total. The fourth-order valence-electron chi connectivity index (χ4n) is 1.87. The number of rotatable bonds is 6. The summed E-state index contributed by atoms with van der Waals surface area (Å²) >= 11 is 7.40. The number of hydrogen-bond donors (Lipinski definition) is 0. The van der Waals surface area contributed by atoms with Gasteiger partial charge in [-0.1, -0.05) is 32.4 Å². The van der Waals surface area contributed by atoms with E-state index in [0.29, 0.717) is 13.0 Å². The molecule has 0 aromatic heterocycles. The lowest BCUT2D eigenvalue weighted by Crippen LogP contribution is -2.13. The second-order valence-electron chi connectivity index (χ2n) is 3.90. The van der Waals surface area contributed by atoms with Crippen LogP contribution in [0.4, 0.5) is 0 Å². The van der Waals surface area contributed by atoms with Gasteiger partial charge in [0.1, 0.15) is 0 Å². The number of halogens is 2. The fourth-order valence-corrected chi connectivity index (χ4v) is 6.19. The van der Waals surface area contributed by atoms with Gasteiger partial charge in [0.05, 0.1) is 13.0 Å². The summed E-state index contributed by atoms with van der Waals surface area (Å²) < 4.78 is 5.04. The average Bonchev–Trinajstić information content (AvgIpc) is 2.58. The summed E-state index contributed by atoms with van der Waals surface area (Å²) in [5, 5.41) is 2.12. The van der Waals surface area contributed by atoms with Crippen molar-refractivity contribution in [1.29, 1.82) is 0 Å². The summed E-state index contributed by atoms with van der Waals surface area (Å²) in [4.78, 5) is 12.9. The van der Waals surface area contributed by atoms with Gasteiger partial charge in [0, 0.05) is 5.92 Å². The first kappa shape index (κ1) is 15.3. The van der Waals surface area contributed by atoms with Crippen LogP contribution in [0, 0.1) is 5.92 Å². The van der Waals surface area contributed by atoms with Gasteiger partial charge in [-0.05, 0) is 53.3 Å². The van der Waals surface area contributed by atoms with E-state index in [1.807, 2.05) is 13.0 Å². The molecule has 0 radical (unpaired) electrons. The van der Waals surface area contributed by atoms with E-state index < -0.39 is 6.89 Å². The van der Waals surface area contributed by atoms with Crippen molar-refractivity contribution in [2.45, 2.75) is 33.1 Å². The molecular weight excluding hydrogens is 368 g/mol. The van der Waals surface area contributed by atoms with E-state index in [9.17, 15) is 4.79 Å². The Kier molecular flexibility index (Phi) is 6.31. The van der Waals surface area contributed by atoms with Crippen molar-refractivity contribution >= 4 is 42.5 Å². The van der Waals surface area contributed by atoms with Crippen LogP contribution in [-0.4, -0.2) is 12.6 Å². The van der Waals surface area contributed by atoms with E-state index in [4.69, 9.17) is 4.74 Å². The molecule has 1 aliphatic rings. The van der Waals surface area contributed by atoms with Crippen molar-refractivity contribution in [2.75, 3.05) is 6.61 Å². The second-order valence-corrected chi connectivity index (χ2v) is 14.4. The Morgan fingerprint density at radius 2 is 2.18 bits per heavy atom. The van der Waals surface area contributed by atoms with Crippen LogP contribution in [0.3, 0.4) is 0 Å². The third kappa shape index (κ3) is 4.45. The molecule has 2 nitrogen and oxygen atoms in total. The highest BCUT2D eigenvalue weighted by Gasteiger charge is 2.30. The molecule has 1 heterocycles. The Labute approximate surface area is 120 Å². The number of allylic oxidation sites excluding steroid dienone is 3. The van der Waals surface area contributed by atoms with E-state index in [1.54, 1.807) is 0 Å². The minimum absolute atomic E-state index is 0.103. The Morgan fingerprint density at radius 3 is 2.65 bits per heavy atom. The maximum atomic E-state index is 11.6. The minimum Gasteiger partial charge on any atom is -0.466 e. The quantitative estimate of drug-likeness (QED) is 0.588. The van der Waals surface area contributed by atoms with Crippen molar-refractivity contribution in [3.05, 3.63) is 22.5 Å². The minimum atomic E-state index is -1.17. The number of ether oxygens (including phenoxy) is 1. The van der Waals surface area contributed by atoms with Gasteiger partial charge < -0.3 is 4.74 Å². The van der Waals surface area contributed by atoms with Crippen LogP contribution in [0.25, 0.3) is 0 Å². The maximum Gasteiger partial charge on any atom is 0.306 e. The third-order valence-corrected chi connectivity index (χ3v) is 7.72. The molecule has 1 unspecified atom stereocenters. The van der Waals surface area contributed by atoms with Gasteiger partial charge in [-0.25, -0.2) is 0 Å². The van der Waals surface area contributed by atoms with Crippen LogP contribution in [-0.2, 0) is 9.53 Å². The topological polar surface area (TPSA) is 26.3 Å². The molecule has 0 aromatic carbocycles. The molecule has 0 amide bonds.